The van der Waals surface area contributed by atoms with E-state index in [9.17, 15) is 40.2 Å². The van der Waals surface area contributed by atoms with Gasteiger partial charge in [0.05, 0.1) is 11.1 Å². The van der Waals surface area contributed by atoms with E-state index in [-0.39, 0.29) is 33.9 Å². The number of esters is 2. The van der Waals surface area contributed by atoms with Crippen LogP contribution in [0.4, 0.5) is 0 Å². The van der Waals surface area contributed by atoms with Crippen molar-refractivity contribution >= 4 is 11.9 Å². The van der Waals surface area contributed by atoms with Gasteiger partial charge in [-0.3, -0.25) is 0 Å². The molecule has 0 aliphatic rings. The summed E-state index contributed by atoms with van der Waals surface area (Å²) in [7, 11) is 0. The van der Waals surface area contributed by atoms with Crippen molar-refractivity contribution < 1.29 is 49.7 Å². The second-order valence-electron chi connectivity index (χ2n) is 6.89. The highest BCUT2D eigenvalue weighted by molar-refractivity contribution is 5.95. The topological polar surface area (TPSA) is 174 Å². The molecule has 0 aromatic heterocycles. The maximum Gasteiger partial charge on any atom is 0.343 e. The molecule has 0 amide bonds. The average Bonchev–Trinajstić information content (AvgIpc) is 2.72. The molecule has 3 aromatic carbocycles. The van der Waals surface area contributed by atoms with Crippen molar-refractivity contribution in [1.29, 1.82) is 0 Å². The molecule has 6 N–H and O–H groups in total. The summed E-state index contributed by atoms with van der Waals surface area (Å²) >= 11 is 0. The zero-order valence-electron chi connectivity index (χ0n) is 16.8. The first-order valence-electron chi connectivity index (χ1n) is 9.03. The van der Waals surface area contributed by atoms with Crippen molar-refractivity contribution in [1.82, 2.24) is 0 Å². The second kappa shape index (κ2) is 8.26. The van der Waals surface area contributed by atoms with E-state index in [2.05, 4.69) is 0 Å². The molecule has 0 saturated carbocycles. The van der Waals surface area contributed by atoms with Crippen molar-refractivity contribution in [2.75, 3.05) is 0 Å². The Morgan fingerprint density at radius 3 is 1.53 bits per heavy atom. The van der Waals surface area contributed by atoms with Crippen molar-refractivity contribution in [3.05, 3.63) is 58.7 Å². The molecular weight excluding hydrogens is 424 g/mol. The number of phenols is 6. The fraction of sp³-hybridized carbons (Fsp3) is 0.0909. The number of rotatable bonds is 4. The normalized spacial score (nSPS) is 10.6. The van der Waals surface area contributed by atoms with Crippen LogP contribution in [-0.2, 0) is 0 Å². The molecule has 10 nitrogen and oxygen atoms in total. The summed E-state index contributed by atoms with van der Waals surface area (Å²) < 4.78 is 10.0. The lowest BCUT2D eigenvalue weighted by Crippen LogP contribution is -2.12. The van der Waals surface area contributed by atoms with E-state index in [1.54, 1.807) is 6.92 Å². The number of aromatic hydroxyl groups is 6. The Balaban J connectivity index is 1.91. The first-order valence-corrected chi connectivity index (χ1v) is 9.03. The number of ether oxygens (including phenoxy) is 2. The number of carbonyl (C=O) groups is 2. The summed E-state index contributed by atoms with van der Waals surface area (Å²) in [6.07, 6.45) is 0. The lowest BCUT2D eigenvalue weighted by Gasteiger charge is -2.12. The van der Waals surface area contributed by atoms with E-state index < -0.39 is 40.7 Å². The number of hydrogen-bond acceptors (Lipinski definition) is 10. The third-order valence-corrected chi connectivity index (χ3v) is 4.48. The second-order valence-corrected chi connectivity index (χ2v) is 6.89. The molecule has 0 saturated heterocycles. The van der Waals surface area contributed by atoms with E-state index in [0.717, 1.165) is 24.3 Å². The highest BCUT2D eigenvalue weighted by Gasteiger charge is 2.22. The molecule has 0 unspecified atom stereocenters. The third-order valence-electron chi connectivity index (χ3n) is 4.48. The minimum absolute atomic E-state index is 0.136. The Bertz CT molecular complexity index is 1220. The molecule has 0 radical (unpaired) electrons. The van der Waals surface area contributed by atoms with Gasteiger partial charge in [0.15, 0.2) is 23.0 Å². The van der Waals surface area contributed by atoms with E-state index in [0.29, 0.717) is 5.56 Å². The molecule has 166 valence electrons. The first-order chi connectivity index (χ1) is 15.0. The zero-order chi connectivity index (χ0) is 23.7. The summed E-state index contributed by atoms with van der Waals surface area (Å²) in [5, 5.41) is 58.9. The van der Waals surface area contributed by atoms with Gasteiger partial charge in [-0.1, -0.05) is 0 Å². The molecule has 10 heteroatoms. The molecule has 0 aliphatic carbocycles. The maximum absolute atomic E-state index is 12.5. The monoisotopic (exact) mass is 442 g/mol. The molecule has 3 aromatic rings. The van der Waals surface area contributed by atoms with Crippen LogP contribution in [0.25, 0.3) is 0 Å². The van der Waals surface area contributed by atoms with Gasteiger partial charge in [0, 0.05) is 5.56 Å². The lowest BCUT2D eigenvalue weighted by molar-refractivity contribution is 0.0708. The van der Waals surface area contributed by atoms with E-state index in [1.807, 2.05) is 0 Å². The predicted octanol–water partition coefficient (Wildman–Crippen LogP) is 2.98. The highest BCUT2D eigenvalue weighted by Crippen LogP contribution is 2.39. The van der Waals surface area contributed by atoms with Crippen LogP contribution in [0.5, 0.6) is 46.0 Å². The van der Waals surface area contributed by atoms with E-state index in [4.69, 9.17) is 9.47 Å². The smallest absolute Gasteiger partial charge is 0.343 e. The van der Waals surface area contributed by atoms with Gasteiger partial charge >= 0.3 is 11.9 Å². The molecular formula is C22H18O10. The van der Waals surface area contributed by atoms with Gasteiger partial charge in [-0.05, 0) is 55.8 Å². The Morgan fingerprint density at radius 1 is 0.594 bits per heavy atom. The highest BCUT2D eigenvalue weighted by atomic mass is 16.5. The number of benzene rings is 3. The van der Waals surface area contributed by atoms with Gasteiger partial charge in [-0.25, -0.2) is 9.59 Å². The van der Waals surface area contributed by atoms with Crippen molar-refractivity contribution in [2.24, 2.45) is 0 Å². The van der Waals surface area contributed by atoms with E-state index in [1.165, 1.54) is 19.1 Å². The van der Waals surface area contributed by atoms with Crippen LogP contribution in [0.2, 0.25) is 0 Å². The standard InChI is InChI=1S/C22H18O10/c1-9-3-15(25)19(27)17(4-9)31-22(30)12-7-16(26)20(28)18(8-12)32-21(29)11-5-13(23)10(2)14(24)6-11/h3-8,23-28H,1-2H3. The minimum atomic E-state index is -1.11. The third kappa shape index (κ3) is 4.29. The Morgan fingerprint density at radius 2 is 1.00 bits per heavy atom. The largest absolute Gasteiger partial charge is 0.508 e. The molecule has 0 spiro atoms. The van der Waals surface area contributed by atoms with Gasteiger partial charge in [0.25, 0.3) is 0 Å². The summed E-state index contributed by atoms with van der Waals surface area (Å²) in [5.74, 6) is -6.80. The fourth-order valence-corrected chi connectivity index (χ4v) is 2.71. The van der Waals surface area contributed by atoms with E-state index >= 15 is 0 Å². The summed E-state index contributed by atoms with van der Waals surface area (Å²) in [4.78, 5) is 24.8. The van der Waals surface area contributed by atoms with Crippen LogP contribution in [0.1, 0.15) is 31.8 Å². The van der Waals surface area contributed by atoms with Gasteiger partial charge < -0.3 is 40.1 Å². The fourth-order valence-electron chi connectivity index (χ4n) is 2.71. The molecule has 32 heavy (non-hydrogen) atoms. The molecule has 0 atom stereocenters. The predicted molar refractivity (Wildman–Crippen MR) is 109 cm³/mol. The number of hydrogen-bond donors (Lipinski definition) is 6. The molecule has 0 aliphatic heterocycles. The van der Waals surface area contributed by atoms with Gasteiger partial charge in [-0.15, -0.1) is 0 Å². The molecule has 0 heterocycles. The maximum atomic E-state index is 12.5. The Labute approximate surface area is 180 Å². The van der Waals surface area contributed by atoms with Crippen molar-refractivity contribution in [3.8, 4) is 46.0 Å². The summed E-state index contributed by atoms with van der Waals surface area (Å²) in [5.41, 5.74) is -0.0103. The minimum Gasteiger partial charge on any atom is -0.508 e. The first kappa shape index (κ1) is 22.1. The lowest BCUT2D eigenvalue weighted by atomic mass is 10.1. The Kier molecular flexibility index (Phi) is 5.71. The quantitative estimate of drug-likeness (QED) is 0.200. The van der Waals surface area contributed by atoms with Gasteiger partial charge in [-0.2, -0.15) is 0 Å². The number of phenolic OH excluding ortho intramolecular Hbond substituents is 6. The number of carbonyl (C=O) groups excluding carboxylic acids is 2. The Hall–Kier alpha value is -4.60. The summed E-state index contributed by atoms with van der Waals surface area (Å²) in [6.45, 7) is 3.01. The van der Waals surface area contributed by atoms with Crippen LogP contribution >= 0.6 is 0 Å². The van der Waals surface area contributed by atoms with Crippen LogP contribution in [-0.4, -0.2) is 42.6 Å². The SMILES string of the molecule is Cc1cc(O)c(O)c(OC(=O)c2cc(O)c(O)c(OC(=O)c3cc(O)c(C)c(O)c3)c2)c1. The van der Waals surface area contributed by atoms with Crippen molar-refractivity contribution in [3.63, 3.8) is 0 Å². The van der Waals surface area contributed by atoms with Gasteiger partial charge in [0.1, 0.15) is 11.5 Å². The van der Waals surface area contributed by atoms with Crippen LogP contribution < -0.4 is 9.47 Å². The van der Waals surface area contributed by atoms with Crippen LogP contribution in [0.3, 0.4) is 0 Å². The van der Waals surface area contributed by atoms with Crippen molar-refractivity contribution in [2.45, 2.75) is 13.8 Å². The van der Waals surface area contributed by atoms with Gasteiger partial charge in [0.2, 0.25) is 11.5 Å². The summed E-state index contributed by atoms with van der Waals surface area (Å²) in [6, 6.07) is 6.32. The average molecular weight is 442 g/mol. The zero-order valence-corrected chi connectivity index (χ0v) is 16.8. The molecule has 0 fully saturated rings. The number of aryl methyl sites for hydroxylation is 1. The van der Waals surface area contributed by atoms with Crippen LogP contribution in [0, 0.1) is 13.8 Å². The molecule has 3 rings (SSSR count). The molecule has 0 bridgehead atoms. The van der Waals surface area contributed by atoms with Crippen LogP contribution in [0.15, 0.2) is 36.4 Å².